The summed E-state index contributed by atoms with van der Waals surface area (Å²) in [5, 5.41) is 22.1. The number of hydrogen-bond donors (Lipinski definition) is 2. The second-order valence-corrected chi connectivity index (χ2v) is 10.1. The highest BCUT2D eigenvalue weighted by atomic mass is 16.5. The van der Waals surface area contributed by atoms with E-state index < -0.39 is 0 Å². The van der Waals surface area contributed by atoms with Crippen LogP contribution in [0.5, 0.6) is 5.75 Å². The van der Waals surface area contributed by atoms with Gasteiger partial charge in [0, 0.05) is 17.8 Å². The average molecular weight is 476 g/mol. The third kappa shape index (κ3) is 4.09. The summed E-state index contributed by atoms with van der Waals surface area (Å²) in [5.41, 5.74) is 4.18. The van der Waals surface area contributed by atoms with Crippen molar-refractivity contribution in [1.82, 2.24) is 4.90 Å². The largest absolute Gasteiger partial charge is 0.507 e. The summed E-state index contributed by atoms with van der Waals surface area (Å²) >= 11 is 0. The fourth-order valence-electron chi connectivity index (χ4n) is 6.26. The van der Waals surface area contributed by atoms with Crippen LogP contribution in [0.15, 0.2) is 53.1 Å². The summed E-state index contributed by atoms with van der Waals surface area (Å²) in [6.45, 7) is 4.85. The van der Waals surface area contributed by atoms with Gasteiger partial charge in [-0.05, 0) is 60.8 Å². The lowest BCUT2D eigenvalue weighted by Crippen LogP contribution is -2.35. The molecule has 2 aromatic rings. The number of benzene rings is 2. The Labute approximate surface area is 205 Å². The van der Waals surface area contributed by atoms with Gasteiger partial charge in [-0.3, -0.25) is 14.5 Å². The van der Waals surface area contributed by atoms with Crippen molar-refractivity contribution in [2.24, 2.45) is 17.8 Å². The highest BCUT2D eigenvalue weighted by Gasteiger charge is 2.56. The van der Waals surface area contributed by atoms with Crippen molar-refractivity contribution in [2.75, 3.05) is 19.8 Å². The first kappa shape index (κ1) is 23.8. The molecular formula is C29H33NO5. The number of imide groups is 1. The van der Waals surface area contributed by atoms with Gasteiger partial charge in [-0.15, -0.1) is 0 Å². The zero-order valence-electron chi connectivity index (χ0n) is 20.4. The van der Waals surface area contributed by atoms with Crippen LogP contribution >= 0.6 is 0 Å². The molecule has 0 radical (unpaired) electrons. The van der Waals surface area contributed by atoms with Gasteiger partial charge in [0.05, 0.1) is 31.2 Å². The van der Waals surface area contributed by atoms with Gasteiger partial charge in [-0.2, -0.15) is 0 Å². The maximum atomic E-state index is 13.1. The quantitative estimate of drug-likeness (QED) is 0.456. The second kappa shape index (κ2) is 9.59. The van der Waals surface area contributed by atoms with E-state index in [1.807, 2.05) is 37.3 Å². The molecule has 2 amide bonds. The van der Waals surface area contributed by atoms with Crippen molar-refractivity contribution in [2.45, 2.75) is 45.6 Å². The first-order valence-electron chi connectivity index (χ1n) is 12.6. The predicted octanol–water partition coefficient (Wildman–Crippen LogP) is 4.45. The first-order valence-corrected chi connectivity index (χ1v) is 12.6. The number of likely N-dealkylation sites (tertiary alicyclic amines) is 1. The van der Waals surface area contributed by atoms with Gasteiger partial charge in [-0.25, -0.2) is 0 Å². The number of hydrogen-bond acceptors (Lipinski definition) is 5. The van der Waals surface area contributed by atoms with E-state index in [4.69, 9.17) is 4.74 Å². The molecule has 6 nitrogen and oxygen atoms in total. The van der Waals surface area contributed by atoms with E-state index in [0.29, 0.717) is 19.6 Å². The number of nitrogens with zero attached hydrogens (tertiary/aromatic N) is 1. The third-order valence-corrected chi connectivity index (χ3v) is 7.87. The molecule has 4 atom stereocenters. The fraction of sp³-hybridized carbons (Fsp3) is 0.448. The second-order valence-electron chi connectivity index (χ2n) is 10.1. The molecule has 3 aliphatic rings. The van der Waals surface area contributed by atoms with Crippen molar-refractivity contribution in [3.8, 4) is 5.75 Å². The van der Waals surface area contributed by atoms with Crippen LogP contribution in [-0.4, -0.2) is 52.8 Å². The molecule has 2 aliphatic heterocycles. The van der Waals surface area contributed by atoms with Crippen LogP contribution in [0.2, 0.25) is 0 Å². The number of rotatable bonds is 7. The number of phenolic OH excluding ortho intramolecular Hbond substituents is 1. The Balaban J connectivity index is 1.35. The Kier molecular flexibility index (Phi) is 6.51. The zero-order chi connectivity index (χ0) is 24.7. The minimum Gasteiger partial charge on any atom is -0.507 e. The molecule has 5 rings (SSSR count). The molecule has 0 spiro atoms. The fourth-order valence-corrected chi connectivity index (χ4v) is 6.26. The molecule has 2 fully saturated rings. The van der Waals surface area contributed by atoms with Crippen LogP contribution in [-0.2, 0) is 14.3 Å². The average Bonchev–Trinajstić information content (AvgIpc) is 3.39. The molecule has 2 N–H and O–H groups in total. The lowest BCUT2D eigenvalue weighted by molar-refractivity contribution is -0.140. The van der Waals surface area contributed by atoms with Crippen molar-refractivity contribution in [1.29, 1.82) is 0 Å². The van der Waals surface area contributed by atoms with Crippen molar-refractivity contribution >= 4 is 28.7 Å². The van der Waals surface area contributed by atoms with Crippen LogP contribution in [0.3, 0.4) is 0 Å². The number of aromatic hydroxyl groups is 1. The molecule has 2 aromatic carbocycles. The standard InChI is InChI=1S/C29H33NO5/c1-3-12-30-28(33)22-14-19(15-31)26-23(27(22)29(30)34)16-35-25(26)11-8-17(2)13-18-9-10-24(32)21-7-5-4-6-20(18)21/h4-7,9-10,13,22-23,25,27,31-32H,3,8,11-12,14-16H2,1-2H3/b17-13+/t22-,23+,25-,27-/m1/s1. The molecule has 0 bridgehead atoms. The molecule has 184 valence electrons. The minimum absolute atomic E-state index is 0.0686. The maximum Gasteiger partial charge on any atom is 0.233 e. The smallest absolute Gasteiger partial charge is 0.233 e. The summed E-state index contributed by atoms with van der Waals surface area (Å²) < 4.78 is 6.19. The van der Waals surface area contributed by atoms with Crippen molar-refractivity contribution in [3.63, 3.8) is 0 Å². The van der Waals surface area contributed by atoms with Crippen LogP contribution in [0, 0.1) is 17.8 Å². The Morgan fingerprint density at radius 1 is 1.11 bits per heavy atom. The monoisotopic (exact) mass is 475 g/mol. The Morgan fingerprint density at radius 2 is 1.89 bits per heavy atom. The van der Waals surface area contributed by atoms with E-state index in [-0.39, 0.29) is 48.0 Å². The number of carbonyl (C=O) groups is 2. The summed E-state index contributed by atoms with van der Waals surface area (Å²) in [5.74, 6) is -0.723. The van der Waals surface area contributed by atoms with E-state index in [1.165, 1.54) is 10.5 Å². The molecule has 0 saturated carbocycles. The summed E-state index contributed by atoms with van der Waals surface area (Å²) in [6, 6.07) is 11.5. The van der Waals surface area contributed by atoms with Gasteiger partial charge < -0.3 is 14.9 Å². The Morgan fingerprint density at radius 3 is 2.63 bits per heavy atom. The molecule has 6 heteroatoms. The van der Waals surface area contributed by atoms with Gasteiger partial charge in [0.15, 0.2) is 0 Å². The lowest BCUT2D eigenvalue weighted by Gasteiger charge is -2.31. The topological polar surface area (TPSA) is 87.1 Å². The number of aliphatic hydroxyl groups excluding tert-OH is 1. The lowest BCUT2D eigenvalue weighted by atomic mass is 9.69. The molecule has 2 heterocycles. The Bertz CT molecular complexity index is 1230. The van der Waals surface area contributed by atoms with Crippen molar-refractivity contribution in [3.05, 3.63) is 58.7 Å². The van der Waals surface area contributed by atoms with E-state index in [1.54, 1.807) is 6.07 Å². The first-order chi connectivity index (χ1) is 16.9. The number of fused-ring (bicyclic) bond motifs is 4. The van der Waals surface area contributed by atoms with Crippen molar-refractivity contribution < 1.29 is 24.5 Å². The minimum atomic E-state index is -0.364. The summed E-state index contributed by atoms with van der Waals surface area (Å²) in [6.07, 6.45) is 4.76. The number of allylic oxidation sites excluding steroid dienone is 1. The van der Waals surface area contributed by atoms with Gasteiger partial charge in [0.25, 0.3) is 0 Å². The summed E-state index contributed by atoms with van der Waals surface area (Å²) in [4.78, 5) is 27.5. The normalized spacial score (nSPS) is 26.6. The highest BCUT2D eigenvalue weighted by Crippen LogP contribution is 2.49. The molecule has 0 aromatic heterocycles. The van der Waals surface area contributed by atoms with E-state index in [9.17, 15) is 19.8 Å². The van der Waals surface area contributed by atoms with Gasteiger partial charge in [-0.1, -0.05) is 48.9 Å². The zero-order valence-corrected chi connectivity index (χ0v) is 20.4. The molecule has 35 heavy (non-hydrogen) atoms. The van der Waals surface area contributed by atoms with Crippen LogP contribution < -0.4 is 0 Å². The number of carbonyl (C=O) groups excluding carboxylic acids is 2. The number of aliphatic hydroxyl groups is 1. The van der Waals surface area contributed by atoms with Gasteiger partial charge in [0.2, 0.25) is 11.8 Å². The molecule has 2 saturated heterocycles. The Hall–Kier alpha value is -2.96. The molecular weight excluding hydrogens is 442 g/mol. The van der Waals surface area contributed by atoms with E-state index >= 15 is 0 Å². The number of phenols is 1. The van der Waals surface area contributed by atoms with Crippen LogP contribution in [0.4, 0.5) is 0 Å². The SMILES string of the molecule is CCCN1C(=O)[C@@H]2[C@@H](CC(CO)=C3[C@@H](CC/C(C)=C/c4ccc(O)c5ccccc45)OC[C@@H]32)C1=O. The van der Waals surface area contributed by atoms with E-state index in [0.717, 1.165) is 46.7 Å². The van der Waals surface area contributed by atoms with Crippen LogP contribution in [0.25, 0.3) is 16.8 Å². The molecule has 0 unspecified atom stereocenters. The number of amides is 2. The van der Waals surface area contributed by atoms with Crippen LogP contribution in [0.1, 0.15) is 45.1 Å². The van der Waals surface area contributed by atoms with Gasteiger partial charge >= 0.3 is 0 Å². The molecule has 1 aliphatic carbocycles. The number of ether oxygens (including phenoxy) is 1. The third-order valence-electron chi connectivity index (χ3n) is 7.87. The maximum absolute atomic E-state index is 13.1. The summed E-state index contributed by atoms with van der Waals surface area (Å²) in [7, 11) is 0. The highest BCUT2D eigenvalue weighted by molar-refractivity contribution is 6.06. The van der Waals surface area contributed by atoms with Gasteiger partial charge in [0.1, 0.15) is 5.75 Å². The van der Waals surface area contributed by atoms with E-state index in [2.05, 4.69) is 13.0 Å². The predicted molar refractivity (Wildman–Crippen MR) is 134 cm³/mol.